The molecule has 1 aromatic heterocycles. The Bertz CT molecular complexity index is 951. The summed E-state index contributed by atoms with van der Waals surface area (Å²) in [6, 6.07) is 10.1. The zero-order valence-corrected chi connectivity index (χ0v) is 17.2. The molecule has 3 rings (SSSR count). The minimum Gasteiger partial charge on any atom is -0.349 e. The zero-order chi connectivity index (χ0) is 20.9. The molecule has 1 N–H and O–H groups in total. The summed E-state index contributed by atoms with van der Waals surface area (Å²) in [5, 5.41) is 2.96. The fourth-order valence-corrected chi connectivity index (χ4v) is 4.51. The molecular weight excluding hydrogens is 390 g/mol. The standard InChI is InChI=1S/C21H25N3O4S/c1-16-4-6-19(7-5-16)29(27,28)14-10-20(25)24-12-8-18(9-13-24)23-21(26)17-3-2-11-22-15-17/h2-7,11,15,18H,8-10,12-14H2,1H3,(H,23,26). The minimum absolute atomic E-state index is 0.0111. The monoisotopic (exact) mass is 415 g/mol. The normalized spacial score (nSPS) is 15.1. The molecule has 0 bridgehead atoms. The number of rotatable bonds is 6. The fourth-order valence-electron chi connectivity index (χ4n) is 3.28. The molecule has 1 aromatic carbocycles. The molecular formula is C21H25N3O4S. The molecule has 2 aromatic rings. The molecule has 29 heavy (non-hydrogen) atoms. The number of pyridine rings is 1. The van der Waals surface area contributed by atoms with E-state index in [2.05, 4.69) is 10.3 Å². The first-order valence-electron chi connectivity index (χ1n) is 9.63. The first-order valence-corrected chi connectivity index (χ1v) is 11.3. The van der Waals surface area contributed by atoms with Gasteiger partial charge in [0.1, 0.15) is 0 Å². The van der Waals surface area contributed by atoms with Crippen molar-refractivity contribution >= 4 is 21.7 Å². The lowest BCUT2D eigenvalue weighted by molar-refractivity contribution is -0.131. The van der Waals surface area contributed by atoms with Crippen LogP contribution in [-0.2, 0) is 14.6 Å². The summed E-state index contributed by atoms with van der Waals surface area (Å²) >= 11 is 0. The number of likely N-dealkylation sites (tertiary alicyclic amines) is 1. The van der Waals surface area contributed by atoms with E-state index < -0.39 is 9.84 Å². The number of amides is 2. The number of benzene rings is 1. The average Bonchev–Trinajstić information content (AvgIpc) is 2.73. The van der Waals surface area contributed by atoms with E-state index in [1.165, 1.54) is 6.20 Å². The van der Waals surface area contributed by atoms with Crippen molar-refractivity contribution in [2.24, 2.45) is 0 Å². The predicted octanol–water partition coefficient (Wildman–Crippen LogP) is 1.97. The van der Waals surface area contributed by atoms with E-state index in [0.29, 0.717) is 31.5 Å². The fraction of sp³-hybridized carbons (Fsp3) is 0.381. The van der Waals surface area contributed by atoms with Crippen LogP contribution in [0.15, 0.2) is 53.7 Å². The van der Waals surface area contributed by atoms with Gasteiger partial charge < -0.3 is 10.2 Å². The van der Waals surface area contributed by atoms with Crippen LogP contribution < -0.4 is 5.32 Å². The number of hydrogen-bond acceptors (Lipinski definition) is 5. The zero-order valence-electron chi connectivity index (χ0n) is 16.4. The van der Waals surface area contributed by atoms with Crippen molar-refractivity contribution < 1.29 is 18.0 Å². The van der Waals surface area contributed by atoms with Gasteiger partial charge in [0, 0.05) is 37.9 Å². The number of carbonyl (C=O) groups excluding carboxylic acids is 2. The third kappa shape index (κ3) is 5.63. The van der Waals surface area contributed by atoms with Gasteiger partial charge in [0.2, 0.25) is 5.91 Å². The van der Waals surface area contributed by atoms with E-state index in [9.17, 15) is 18.0 Å². The second kappa shape index (κ2) is 9.17. The molecule has 0 saturated carbocycles. The Morgan fingerprint density at radius 3 is 2.45 bits per heavy atom. The lowest BCUT2D eigenvalue weighted by atomic mass is 10.0. The maximum absolute atomic E-state index is 12.4. The highest BCUT2D eigenvalue weighted by Crippen LogP contribution is 2.16. The molecule has 0 atom stereocenters. The van der Waals surface area contributed by atoms with Gasteiger partial charge in [0.25, 0.3) is 5.91 Å². The maximum Gasteiger partial charge on any atom is 0.253 e. The van der Waals surface area contributed by atoms with Gasteiger partial charge in [-0.15, -0.1) is 0 Å². The van der Waals surface area contributed by atoms with Gasteiger partial charge >= 0.3 is 0 Å². The molecule has 7 nitrogen and oxygen atoms in total. The second-order valence-corrected chi connectivity index (χ2v) is 9.36. The van der Waals surface area contributed by atoms with E-state index in [1.807, 2.05) is 6.92 Å². The minimum atomic E-state index is -3.48. The summed E-state index contributed by atoms with van der Waals surface area (Å²) in [6.07, 6.45) is 4.37. The third-order valence-electron chi connectivity index (χ3n) is 5.07. The number of carbonyl (C=O) groups is 2. The molecule has 0 radical (unpaired) electrons. The molecule has 0 spiro atoms. The smallest absolute Gasteiger partial charge is 0.253 e. The molecule has 154 valence electrons. The van der Waals surface area contributed by atoms with Crippen molar-refractivity contribution in [3.05, 3.63) is 59.9 Å². The summed E-state index contributed by atoms with van der Waals surface area (Å²) in [4.78, 5) is 30.5. The van der Waals surface area contributed by atoms with Crippen molar-refractivity contribution in [2.75, 3.05) is 18.8 Å². The van der Waals surface area contributed by atoms with Crippen LogP contribution in [0.5, 0.6) is 0 Å². The summed E-state index contributed by atoms with van der Waals surface area (Å²) < 4.78 is 24.8. The van der Waals surface area contributed by atoms with Crippen molar-refractivity contribution in [1.29, 1.82) is 0 Å². The number of aromatic nitrogens is 1. The Morgan fingerprint density at radius 2 is 1.83 bits per heavy atom. The molecule has 8 heteroatoms. The Labute approximate surface area is 171 Å². The van der Waals surface area contributed by atoms with Crippen LogP contribution >= 0.6 is 0 Å². The Kier molecular flexibility index (Phi) is 6.64. The summed E-state index contributed by atoms with van der Waals surface area (Å²) in [6.45, 7) is 2.89. The molecule has 2 amide bonds. The van der Waals surface area contributed by atoms with Gasteiger partial charge in [-0.25, -0.2) is 8.42 Å². The summed E-state index contributed by atoms with van der Waals surface area (Å²) in [7, 11) is -3.48. The lowest BCUT2D eigenvalue weighted by Crippen LogP contribution is -2.46. The molecule has 2 heterocycles. The average molecular weight is 416 g/mol. The van der Waals surface area contributed by atoms with Gasteiger partial charge in [-0.05, 0) is 44.0 Å². The second-order valence-electron chi connectivity index (χ2n) is 7.25. The van der Waals surface area contributed by atoms with E-state index in [1.54, 1.807) is 47.5 Å². The van der Waals surface area contributed by atoms with Crippen LogP contribution in [0.25, 0.3) is 0 Å². The van der Waals surface area contributed by atoms with E-state index in [4.69, 9.17) is 0 Å². The molecule has 0 unspecified atom stereocenters. The summed E-state index contributed by atoms with van der Waals surface area (Å²) in [5.74, 6) is -0.545. The third-order valence-corrected chi connectivity index (χ3v) is 6.80. The molecule has 0 aliphatic carbocycles. The number of aryl methyl sites for hydroxylation is 1. The lowest BCUT2D eigenvalue weighted by Gasteiger charge is -2.32. The molecule has 1 aliphatic rings. The van der Waals surface area contributed by atoms with Crippen LogP contribution in [0.3, 0.4) is 0 Å². The number of nitrogens with one attached hydrogen (secondary N) is 1. The van der Waals surface area contributed by atoms with E-state index in [0.717, 1.165) is 5.56 Å². The van der Waals surface area contributed by atoms with Crippen LogP contribution in [0, 0.1) is 6.92 Å². The van der Waals surface area contributed by atoms with E-state index in [-0.39, 0.29) is 34.9 Å². The largest absolute Gasteiger partial charge is 0.349 e. The highest BCUT2D eigenvalue weighted by Gasteiger charge is 2.25. The van der Waals surface area contributed by atoms with Crippen LogP contribution in [0.4, 0.5) is 0 Å². The van der Waals surface area contributed by atoms with Crippen LogP contribution in [0.2, 0.25) is 0 Å². The molecule has 1 fully saturated rings. The van der Waals surface area contributed by atoms with Gasteiger partial charge in [0.05, 0.1) is 16.2 Å². The quantitative estimate of drug-likeness (QED) is 0.778. The Morgan fingerprint density at radius 1 is 1.14 bits per heavy atom. The number of nitrogens with zero attached hydrogens (tertiary/aromatic N) is 2. The van der Waals surface area contributed by atoms with Crippen LogP contribution in [-0.4, -0.2) is 55.0 Å². The van der Waals surface area contributed by atoms with E-state index >= 15 is 0 Å². The predicted molar refractivity (Wildman–Crippen MR) is 109 cm³/mol. The van der Waals surface area contributed by atoms with Crippen molar-refractivity contribution in [1.82, 2.24) is 15.2 Å². The number of piperidine rings is 1. The van der Waals surface area contributed by atoms with Gasteiger partial charge in [0.15, 0.2) is 9.84 Å². The topological polar surface area (TPSA) is 96.4 Å². The van der Waals surface area contributed by atoms with Gasteiger partial charge in [-0.1, -0.05) is 17.7 Å². The highest BCUT2D eigenvalue weighted by atomic mass is 32.2. The number of hydrogen-bond donors (Lipinski definition) is 1. The number of sulfone groups is 1. The maximum atomic E-state index is 12.4. The summed E-state index contributed by atoms with van der Waals surface area (Å²) in [5.41, 5.74) is 1.49. The highest BCUT2D eigenvalue weighted by molar-refractivity contribution is 7.91. The van der Waals surface area contributed by atoms with Crippen LogP contribution in [0.1, 0.15) is 35.2 Å². The van der Waals surface area contributed by atoms with Crippen molar-refractivity contribution in [3.63, 3.8) is 0 Å². The SMILES string of the molecule is Cc1ccc(S(=O)(=O)CCC(=O)N2CCC(NC(=O)c3cccnc3)CC2)cc1. The molecule has 1 aliphatic heterocycles. The molecule has 1 saturated heterocycles. The first kappa shape index (κ1) is 21.0. The van der Waals surface area contributed by atoms with Gasteiger partial charge in [-0.3, -0.25) is 14.6 Å². The Hall–Kier alpha value is -2.74. The first-order chi connectivity index (χ1) is 13.8. The van der Waals surface area contributed by atoms with Crippen molar-refractivity contribution in [2.45, 2.75) is 37.1 Å². The van der Waals surface area contributed by atoms with Crippen molar-refractivity contribution in [3.8, 4) is 0 Å². The Balaban J connectivity index is 1.46. The van der Waals surface area contributed by atoms with Gasteiger partial charge in [-0.2, -0.15) is 0 Å².